The van der Waals surface area contributed by atoms with Gasteiger partial charge in [-0.1, -0.05) is 65.0 Å². The Bertz CT molecular complexity index is 1440. The predicted molar refractivity (Wildman–Crippen MR) is 120 cm³/mol. The number of likely N-dealkylation sites (tertiary alicyclic amines) is 1. The second-order valence-electron chi connectivity index (χ2n) is 7.95. The number of pyridine rings is 1. The Labute approximate surface area is 188 Å². The lowest BCUT2D eigenvalue weighted by Gasteiger charge is -2.17. The summed E-state index contributed by atoms with van der Waals surface area (Å²) in [6.45, 7) is 1.16. The number of nitrogens with zero attached hydrogens (tertiary/aromatic N) is 7. The molecule has 0 aliphatic carbocycles. The fourth-order valence-electron chi connectivity index (χ4n) is 4.17. The van der Waals surface area contributed by atoms with Gasteiger partial charge in [-0.3, -0.25) is 9.78 Å². The third-order valence-corrected chi connectivity index (χ3v) is 5.89. The number of hydrogen-bond donors (Lipinski definition) is 0. The maximum atomic E-state index is 13.2. The SMILES string of the molecule is O=C(c1nccc2ccccc12)N1CCC(n2cc(-c3nc(-c4ccccc4)no3)nn2)C1. The van der Waals surface area contributed by atoms with E-state index in [1.165, 1.54) is 0 Å². The first kappa shape index (κ1) is 19.3. The molecule has 9 nitrogen and oxygen atoms in total. The van der Waals surface area contributed by atoms with Crippen molar-refractivity contribution in [3.8, 4) is 23.0 Å². The van der Waals surface area contributed by atoms with Gasteiger partial charge in [-0.25, -0.2) is 4.68 Å². The van der Waals surface area contributed by atoms with Crippen molar-refractivity contribution >= 4 is 16.7 Å². The average molecular weight is 437 g/mol. The highest BCUT2D eigenvalue weighted by molar-refractivity contribution is 6.05. The first-order chi connectivity index (χ1) is 16.3. The van der Waals surface area contributed by atoms with Gasteiger partial charge >= 0.3 is 0 Å². The quantitative estimate of drug-likeness (QED) is 0.423. The number of benzene rings is 2. The lowest BCUT2D eigenvalue weighted by molar-refractivity contribution is 0.0783. The van der Waals surface area contributed by atoms with Crippen LogP contribution >= 0.6 is 0 Å². The lowest BCUT2D eigenvalue weighted by Crippen LogP contribution is -2.30. The third kappa shape index (κ3) is 3.53. The van der Waals surface area contributed by atoms with Gasteiger partial charge in [-0.15, -0.1) is 5.10 Å². The first-order valence-corrected chi connectivity index (χ1v) is 10.7. The first-order valence-electron chi connectivity index (χ1n) is 10.7. The summed E-state index contributed by atoms with van der Waals surface area (Å²) in [5, 5.41) is 14.4. The zero-order valence-electron chi connectivity index (χ0n) is 17.6. The molecule has 0 saturated carbocycles. The van der Waals surface area contributed by atoms with Crippen LogP contribution in [0, 0.1) is 0 Å². The van der Waals surface area contributed by atoms with E-state index in [0.29, 0.717) is 36.2 Å². The van der Waals surface area contributed by atoms with Crippen LogP contribution in [0.15, 0.2) is 77.6 Å². The van der Waals surface area contributed by atoms with Crippen molar-refractivity contribution in [3.05, 3.63) is 78.8 Å². The second kappa shape index (κ2) is 7.94. The maximum Gasteiger partial charge on any atom is 0.280 e. The number of aromatic nitrogens is 6. The number of fused-ring (bicyclic) bond motifs is 1. The molecule has 0 bridgehead atoms. The van der Waals surface area contributed by atoms with Crippen molar-refractivity contribution in [2.24, 2.45) is 0 Å². The molecule has 4 heterocycles. The van der Waals surface area contributed by atoms with Gasteiger partial charge in [-0.05, 0) is 17.9 Å². The monoisotopic (exact) mass is 437 g/mol. The van der Waals surface area contributed by atoms with Crippen molar-refractivity contribution in [1.82, 2.24) is 35.0 Å². The van der Waals surface area contributed by atoms with E-state index >= 15 is 0 Å². The zero-order chi connectivity index (χ0) is 22.2. The summed E-state index contributed by atoms with van der Waals surface area (Å²) >= 11 is 0. The van der Waals surface area contributed by atoms with E-state index in [0.717, 1.165) is 22.8 Å². The van der Waals surface area contributed by atoms with E-state index in [2.05, 4.69) is 25.4 Å². The Balaban J connectivity index is 1.19. The van der Waals surface area contributed by atoms with Crippen LogP contribution in [-0.4, -0.2) is 54.0 Å². The van der Waals surface area contributed by atoms with Gasteiger partial charge in [0.2, 0.25) is 5.82 Å². The fourth-order valence-corrected chi connectivity index (χ4v) is 4.17. The molecule has 0 N–H and O–H groups in total. The van der Waals surface area contributed by atoms with Gasteiger partial charge < -0.3 is 9.42 Å². The summed E-state index contributed by atoms with van der Waals surface area (Å²) in [7, 11) is 0. The second-order valence-corrected chi connectivity index (χ2v) is 7.95. The van der Waals surface area contributed by atoms with Crippen LogP contribution < -0.4 is 0 Å². The molecule has 1 aliphatic rings. The standard InChI is InChI=1S/C24H19N7O2/c32-24(21-19-9-5-4-6-16(19)10-12-25-21)30-13-11-18(14-30)31-15-20(27-29-31)23-26-22(28-33-23)17-7-2-1-3-8-17/h1-10,12,15,18H,11,13-14H2. The summed E-state index contributed by atoms with van der Waals surface area (Å²) in [6.07, 6.45) is 4.25. The van der Waals surface area contributed by atoms with Crippen molar-refractivity contribution in [2.75, 3.05) is 13.1 Å². The van der Waals surface area contributed by atoms with E-state index in [4.69, 9.17) is 4.52 Å². The lowest BCUT2D eigenvalue weighted by atomic mass is 10.1. The smallest absolute Gasteiger partial charge is 0.280 e. The van der Waals surface area contributed by atoms with Gasteiger partial charge in [0.05, 0.1) is 12.2 Å². The van der Waals surface area contributed by atoms with Crippen molar-refractivity contribution < 1.29 is 9.32 Å². The van der Waals surface area contributed by atoms with Crippen LogP contribution in [0.4, 0.5) is 0 Å². The maximum absolute atomic E-state index is 13.2. The highest BCUT2D eigenvalue weighted by atomic mass is 16.5. The Kier molecular flexibility index (Phi) is 4.64. The molecular formula is C24H19N7O2. The van der Waals surface area contributed by atoms with Crippen molar-refractivity contribution in [3.63, 3.8) is 0 Å². The predicted octanol–water partition coefficient (Wildman–Crippen LogP) is 3.63. The molecular weight excluding hydrogens is 418 g/mol. The van der Waals surface area contributed by atoms with Crippen LogP contribution in [0.25, 0.3) is 33.7 Å². The van der Waals surface area contributed by atoms with E-state index in [1.54, 1.807) is 17.1 Å². The Morgan fingerprint density at radius 2 is 1.88 bits per heavy atom. The Morgan fingerprint density at radius 1 is 1.03 bits per heavy atom. The van der Waals surface area contributed by atoms with Crippen LogP contribution in [0.2, 0.25) is 0 Å². The number of hydrogen-bond acceptors (Lipinski definition) is 7. The minimum absolute atomic E-state index is 0.0155. The third-order valence-electron chi connectivity index (χ3n) is 5.89. The summed E-state index contributed by atoms with van der Waals surface area (Å²) in [6, 6.07) is 19.3. The molecule has 162 valence electrons. The molecule has 1 saturated heterocycles. The van der Waals surface area contributed by atoms with Gasteiger partial charge in [-0.2, -0.15) is 4.98 Å². The summed E-state index contributed by atoms with van der Waals surface area (Å²) in [5.41, 5.74) is 1.85. The molecule has 1 unspecified atom stereocenters. The van der Waals surface area contributed by atoms with Crippen LogP contribution in [0.3, 0.4) is 0 Å². The van der Waals surface area contributed by atoms with E-state index < -0.39 is 0 Å². The molecule has 5 aromatic rings. The number of carbonyl (C=O) groups is 1. The highest BCUT2D eigenvalue weighted by Gasteiger charge is 2.30. The van der Waals surface area contributed by atoms with Crippen molar-refractivity contribution in [1.29, 1.82) is 0 Å². The number of rotatable bonds is 4. The summed E-state index contributed by atoms with van der Waals surface area (Å²) < 4.78 is 7.16. The summed E-state index contributed by atoms with van der Waals surface area (Å²) in [4.78, 5) is 23.8. The largest absolute Gasteiger partial charge is 0.335 e. The molecule has 2 aromatic carbocycles. The van der Waals surface area contributed by atoms with Gasteiger partial charge in [0, 0.05) is 30.2 Å². The molecule has 6 rings (SSSR count). The molecule has 0 radical (unpaired) electrons. The average Bonchev–Trinajstić information content (AvgIpc) is 3.64. The molecule has 33 heavy (non-hydrogen) atoms. The number of carbonyl (C=O) groups excluding carboxylic acids is 1. The molecule has 0 spiro atoms. The van der Waals surface area contributed by atoms with E-state index in [9.17, 15) is 4.79 Å². The Morgan fingerprint density at radius 3 is 2.79 bits per heavy atom. The van der Waals surface area contributed by atoms with E-state index in [1.807, 2.05) is 65.6 Å². The molecule has 3 aromatic heterocycles. The summed E-state index contributed by atoms with van der Waals surface area (Å²) in [5.74, 6) is 0.741. The van der Waals surface area contributed by atoms with Gasteiger partial charge in [0.1, 0.15) is 5.69 Å². The molecule has 9 heteroatoms. The number of amides is 1. The minimum atomic E-state index is -0.0703. The molecule has 1 fully saturated rings. The van der Waals surface area contributed by atoms with Crippen LogP contribution in [-0.2, 0) is 0 Å². The van der Waals surface area contributed by atoms with Gasteiger partial charge in [0.15, 0.2) is 5.69 Å². The molecule has 1 aliphatic heterocycles. The Hall–Kier alpha value is -4.40. The molecule has 1 amide bonds. The van der Waals surface area contributed by atoms with Crippen molar-refractivity contribution in [2.45, 2.75) is 12.5 Å². The minimum Gasteiger partial charge on any atom is -0.335 e. The van der Waals surface area contributed by atoms with Crippen LogP contribution in [0.1, 0.15) is 23.0 Å². The van der Waals surface area contributed by atoms with Gasteiger partial charge in [0.25, 0.3) is 11.8 Å². The van der Waals surface area contributed by atoms with E-state index in [-0.39, 0.29) is 11.9 Å². The highest BCUT2D eigenvalue weighted by Crippen LogP contribution is 2.26. The fraction of sp³-hybridized carbons (Fsp3) is 0.167. The van der Waals surface area contributed by atoms with Crippen LogP contribution in [0.5, 0.6) is 0 Å². The topological polar surface area (TPSA) is 103 Å². The molecule has 1 atom stereocenters. The normalized spacial score (nSPS) is 15.9. The zero-order valence-corrected chi connectivity index (χ0v) is 17.6.